The second kappa shape index (κ2) is 9.71. The van der Waals surface area contributed by atoms with E-state index in [2.05, 4.69) is 4.98 Å². The van der Waals surface area contributed by atoms with Crippen LogP contribution in [0.1, 0.15) is 12.0 Å². The number of hydrogen-bond acceptors (Lipinski definition) is 6. The van der Waals surface area contributed by atoms with Crippen molar-refractivity contribution in [2.24, 2.45) is 0 Å². The molecule has 0 spiro atoms. The van der Waals surface area contributed by atoms with Crippen molar-refractivity contribution in [3.63, 3.8) is 0 Å². The summed E-state index contributed by atoms with van der Waals surface area (Å²) in [7, 11) is 3.83. The van der Waals surface area contributed by atoms with Crippen molar-refractivity contribution in [1.29, 1.82) is 0 Å². The van der Waals surface area contributed by atoms with Gasteiger partial charge in [-0.1, -0.05) is 11.3 Å². The number of nitrogens with zero attached hydrogens (tertiary/aromatic N) is 4. The van der Waals surface area contributed by atoms with Crippen LogP contribution in [0.25, 0.3) is 16.3 Å². The van der Waals surface area contributed by atoms with Crippen molar-refractivity contribution >= 4 is 44.4 Å². The number of hydrogen-bond donors (Lipinski definition) is 0. The summed E-state index contributed by atoms with van der Waals surface area (Å²) in [6.45, 7) is 1.06. The molecule has 0 atom stereocenters. The maximum absolute atomic E-state index is 14.1. The number of carbonyl (C=O) groups excluding carboxylic acids is 1. The molecule has 0 fully saturated rings. The number of nitro benzene ring substituents is 1. The average molecular weight is 446 g/mol. The molecule has 1 heterocycles. The van der Waals surface area contributed by atoms with Crippen LogP contribution in [0, 0.1) is 21.7 Å². The predicted octanol–water partition coefficient (Wildman–Crippen LogP) is 4.48. The summed E-state index contributed by atoms with van der Waals surface area (Å²) < 4.78 is 27.9. The van der Waals surface area contributed by atoms with Gasteiger partial charge in [0.25, 0.3) is 11.6 Å². The number of rotatable bonds is 8. The van der Waals surface area contributed by atoms with E-state index in [9.17, 15) is 23.7 Å². The zero-order valence-electron chi connectivity index (χ0n) is 16.9. The van der Waals surface area contributed by atoms with Crippen LogP contribution in [0.4, 0.5) is 19.6 Å². The van der Waals surface area contributed by atoms with Gasteiger partial charge in [0.15, 0.2) is 10.9 Å². The maximum Gasteiger partial charge on any atom is 0.269 e. The number of fused-ring (bicyclic) bond motifs is 1. The van der Waals surface area contributed by atoms with Gasteiger partial charge in [0.2, 0.25) is 0 Å². The Kier molecular flexibility index (Phi) is 7.03. The van der Waals surface area contributed by atoms with E-state index < -0.39 is 16.6 Å². The zero-order chi connectivity index (χ0) is 22.5. The fourth-order valence-electron chi connectivity index (χ4n) is 2.87. The minimum absolute atomic E-state index is 0.0196. The van der Waals surface area contributed by atoms with Gasteiger partial charge < -0.3 is 4.90 Å². The maximum atomic E-state index is 14.1. The molecular weight excluding hydrogens is 426 g/mol. The molecule has 162 valence electrons. The number of anilines is 1. The molecule has 0 aliphatic rings. The van der Waals surface area contributed by atoms with Crippen molar-refractivity contribution in [3.05, 3.63) is 69.8 Å². The smallest absolute Gasteiger partial charge is 0.269 e. The molecule has 31 heavy (non-hydrogen) atoms. The minimum atomic E-state index is -0.778. The van der Waals surface area contributed by atoms with Gasteiger partial charge in [0.1, 0.15) is 11.3 Å². The molecule has 3 rings (SSSR count). The van der Waals surface area contributed by atoms with Crippen molar-refractivity contribution in [3.8, 4) is 0 Å². The number of carbonyl (C=O) groups is 1. The van der Waals surface area contributed by atoms with Crippen LogP contribution in [0.5, 0.6) is 0 Å². The van der Waals surface area contributed by atoms with E-state index in [-0.39, 0.29) is 22.2 Å². The lowest BCUT2D eigenvalue weighted by atomic mass is 10.2. The molecule has 0 aliphatic carbocycles. The summed E-state index contributed by atoms with van der Waals surface area (Å²) in [6.07, 6.45) is 3.52. The van der Waals surface area contributed by atoms with E-state index in [1.165, 1.54) is 41.3 Å². The van der Waals surface area contributed by atoms with Gasteiger partial charge in [-0.3, -0.25) is 19.8 Å². The molecule has 2 aromatic carbocycles. The van der Waals surface area contributed by atoms with E-state index in [4.69, 9.17) is 0 Å². The van der Waals surface area contributed by atoms with Gasteiger partial charge in [-0.05, 0) is 56.9 Å². The molecule has 1 aromatic heterocycles. The van der Waals surface area contributed by atoms with E-state index in [1.807, 2.05) is 19.0 Å². The Hall–Kier alpha value is -3.24. The normalized spacial score (nSPS) is 11.5. The first-order valence-corrected chi connectivity index (χ1v) is 10.2. The summed E-state index contributed by atoms with van der Waals surface area (Å²) in [5.74, 6) is -1.86. The van der Waals surface area contributed by atoms with Crippen LogP contribution in [-0.2, 0) is 4.79 Å². The van der Waals surface area contributed by atoms with Crippen LogP contribution in [0.15, 0.2) is 42.5 Å². The first kappa shape index (κ1) is 22.4. The summed E-state index contributed by atoms with van der Waals surface area (Å²) in [4.78, 5) is 30.8. The van der Waals surface area contributed by atoms with Gasteiger partial charge >= 0.3 is 0 Å². The van der Waals surface area contributed by atoms with Crippen LogP contribution in [0.3, 0.4) is 0 Å². The van der Waals surface area contributed by atoms with E-state index >= 15 is 0 Å². The third kappa shape index (κ3) is 5.68. The summed E-state index contributed by atoms with van der Waals surface area (Å²) in [6, 6.07) is 7.73. The SMILES string of the molecule is CN(C)CCCN(C(=O)/C=C\c1ccc([N+](=O)[O-])cc1)c1nc2c(F)cc(F)cc2s1. The molecule has 0 unspecified atom stereocenters. The second-order valence-electron chi connectivity index (χ2n) is 7.06. The number of halogens is 2. The molecule has 0 bridgehead atoms. The number of aromatic nitrogens is 1. The lowest BCUT2D eigenvalue weighted by Gasteiger charge is -2.19. The largest absolute Gasteiger partial charge is 0.309 e. The quantitative estimate of drug-likeness (QED) is 0.290. The molecule has 3 aromatic rings. The molecule has 0 saturated heterocycles. The third-order valence-electron chi connectivity index (χ3n) is 4.41. The monoisotopic (exact) mass is 446 g/mol. The highest BCUT2D eigenvalue weighted by Crippen LogP contribution is 2.31. The van der Waals surface area contributed by atoms with E-state index in [0.717, 1.165) is 23.9 Å². The van der Waals surface area contributed by atoms with Gasteiger partial charge in [0, 0.05) is 30.8 Å². The van der Waals surface area contributed by atoms with Gasteiger partial charge in [-0.15, -0.1) is 0 Å². The minimum Gasteiger partial charge on any atom is -0.309 e. The molecular formula is C21H20F2N4O3S. The highest BCUT2D eigenvalue weighted by atomic mass is 32.1. The first-order valence-electron chi connectivity index (χ1n) is 9.39. The Balaban J connectivity index is 1.86. The van der Waals surface area contributed by atoms with Crippen molar-refractivity contribution in [1.82, 2.24) is 9.88 Å². The molecule has 0 saturated carbocycles. The second-order valence-corrected chi connectivity index (χ2v) is 8.07. The Morgan fingerprint density at radius 3 is 2.55 bits per heavy atom. The number of thiazole rings is 1. The Bertz CT molecular complexity index is 1130. The highest BCUT2D eigenvalue weighted by molar-refractivity contribution is 7.22. The molecule has 0 radical (unpaired) electrons. The Morgan fingerprint density at radius 1 is 1.19 bits per heavy atom. The number of non-ortho nitro benzene ring substituents is 1. The zero-order valence-corrected chi connectivity index (χ0v) is 17.7. The van der Waals surface area contributed by atoms with Crippen LogP contribution in [-0.4, -0.2) is 47.9 Å². The van der Waals surface area contributed by atoms with Crippen molar-refractivity contribution in [2.45, 2.75) is 6.42 Å². The summed E-state index contributed by atoms with van der Waals surface area (Å²) >= 11 is 1.04. The third-order valence-corrected chi connectivity index (χ3v) is 5.43. The van der Waals surface area contributed by atoms with Gasteiger partial charge in [-0.2, -0.15) is 0 Å². The lowest BCUT2D eigenvalue weighted by molar-refractivity contribution is -0.384. The van der Waals surface area contributed by atoms with E-state index in [0.29, 0.717) is 23.2 Å². The fraction of sp³-hybridized carbons (Fsp3) is 0.238. The Morgan fingerprint density at radius 2 is 1.90 bits per heavy atom. The highest BCUT2D eigenvalue weighted by Gasteiger charge is 2.20. The number of amides is 1. The predicted molar refractivity (Wildman–Crippen MR) is 117 cm³/mol. The topological polar surface area (TPSA) is 79.6 Å². The number of benzene rings is 2. The van der Waals surface area contributed by atoms with Crippen molar-refractivity contribution in [2.75, 3.05) is 32.1 Å². The van der Waals surface area contributed by atoms with Crippen molar-refractivity contribution < 1.29 is 18.5 Å². The van der Waals surface area contributed by atoms with Gasteiger partial charge in [-0.25, -0.2) is 13.8 Å². The standard InChI is InChI=1S/C21H20F2N4O3S/c1-25(2)10-3-11-26(21-24-20-17(23)12-15(22)13-18(20)31-21)19(28)9-6-14-4-7-16(8-5-14)27(29)30/h4-9,12-13H,3,10-11H2,1-2H3/b9-6-. The summed E-state index contributed by atoms with van der Waals surface area (Å²) in [5.41, 5.74) is 0.591. The summed E-state index contributed by atoms with van der Waals surface area (Å²) in [5, 5.41) is 11.0. The fourth-order valence-corrected chi connectivity index (χ4v) is 3.91. The molecule has 0 N–H and O–H groups in total. The number of nitro groups is 1. The first-order chi connectivity index (χ1) is 14.7. The molecule has 1 amide bonds. The molecule has 0 aliphatic heterocycles. The van der Waals surface area contributed by atoms with Crippen LogP contribution >= 0.6 is 11.3 Å². The van der Waals surface area contributed by atoms with E-state index in [1.54, 1.807) is 6.08 Å². The average Bonchev–Trinajstić information content (AvgIpc) is 3.13. The molecule has 7 nitrogen and oxygen atoms in total. The van der Waals surface area contributed by atoms with Crippen LogP contribution < -0.4 is 4.90 Å². The van der Waals surface area contributed by atoms with Gasteiger partial charge in [0.05, 0.1) is 9.62 Å². The Labute approximate surface area is 181 Å². The molecule has 10 heteroatoms. The van der Waals surface area contributed by atoms with Crippen LogP contribution in [0.2, 0.25) is 0 Å². The lowest BCUT2D eigenvalue weighted by Crippen LogP contribution is -2.32.